The molecule has 8 heteroatoms. The normalized spacial score (nSPS) is 23.6. The zero-order chi connectivity index (χ0) is 26.8. The summed E-state index contributed by atoms with van der Waals surface area (Å²) in [6.45, 7) is 0. The number of likely N-dealkylation sites (tertiary alicyclic amines) is 1. The molecule has 1 amide bonds. The van der Waals surface area contributed by atoms with Crippen molar-refractivity contribution in [1.82, 2.24) is 4.90 Å². The topological polar surface area (TPSA) is 98.5 Å². The van der Waals surface area contributed by atoms with Crippen LogP contribution in [0.3, 0.4) is 0 Å². The lowest BCUT2D eigenvalue weighted by Crippen LogP contribution is -2.46. The van der Waals surface area contributed by atoms with Crippen molar-refractivity contribution in [2.45, 2.75) is 50.1 Å². The van der Waals surface area contributed by atoms with Crippen molar-refractivity contribution >= 4 is 40.6 Å². The van der Waals surface area contributed by atoms with Gasteiger partial charge in [0, 0.05) is 27.3 Å². The van der Waals surface area contributed by atoms with Crippen molar-refractivity contribution in [2.75, 3.05) is 0 Å². The van der Waals surface area contributed by atoms with Crippen molar-refractivity contribution in [3.63, 3.8) is 0 Å². The summed E-state index contributed by atoms with van der Waals surface area (Å²) < 4.78 is 0. The van der Waals surface area contributed by atoms with Crippen molar-refractivity contribution in [3.8, 4) is 6.07 Å². The maximum Gasteiger partial charge on any atom is 0.327 e. The largest absolute Gasteiger partial charge is 0.480 e. The SMILES string of the molecule is N#Cc1ccc(C2C(C(=O)c3cccc(Cl)c3)C(c3cccs3)C(C(=O)O)N2C(=O)C2CCCCC2)cc1. The summed E-state index contributed by atoms with van der Waals surface area (Å²) in [6.07, 6.45) is 4.31. The third-order valence-electron chi connectivity index (χ3n) is 7.79. The quantitative estimate of drug-likeness (QED) is 0.357. The van der Waals surface area contributed by atoms with Gasteiger partial charge in [-0.25, -0.2) is 4.79 Å². The van der Waals surface area contributed by atoms with Crippen LogP contribution in [0.25, 0.3) is 0 Å². The van der Waals surface area contributed by atoms with E-state index < -0.39 is 29.9 Å². The molecule has 0 bridgehead atoms. The number of carbonyl (C=O) groups excluding carboxylic acids is 2. The first kappa shape index (κ1) is 26.1. The number of thiophene rings is 1. The highest BCUT2D eigenvalue weighted by Crippen LogP contribution is 2.53. The summed E-state index contributed by atoms with van der Waals surface area (Å²) >= 11 is 7.63. The minimum atomic E-state index is -1.21. The highest BCUT2D eigenvalue weighted by Gasteiger charge is 2.58. The highest BCUT2D eigenvalue weighted by molar-refractivity contribution is 7.10. The first-order valence-corrected chi connectivity index (χ1v) is 14.0. The van der Waals surface area contributed by atoms with Crippen LogP contribution in [0.4, 0.5) is 0 Å². The zero-order valence-corrected chi connectivity index (χ0v) is 22.2. The van der Waals surface area contributed by atoms with Crippen LogP contribution in [0.2, 0.25) is 5.02 Å². The number of nitriles is 1. The standard InChI is InChI=1S/C30H27ClN2O4S/c31-22-9-4-8-21(16-22)28(34)25-24(23-10-5-15-38-23)27(30(36)37)33(29(35)20-6-2-1-3-7-20)26(25)19-13-11-18(17-32)12-14-19/h4-5,8-16,20,24-27H,1-3,6-7H2,(H,36,37). The van der Waals surface area contributed by atoms with Crippen LogP contribution in [0.1, 0.15) is 70.4 Å². The van der Waals surface area contributed by atoms with Gasteiger partial charge in [0.1, 0.15) is 6.04 Å². The first-order chi connectivity index (χ1) is 18.4. The van der Waals surface area contributed by atoms with Crippen LogP contribution in [-0.2, 0) is 9.59 Å². The summed E-state index contributed by atoms with van der Waals surface area (Å²) in [5.41, 5.74) is 1.46. The molecule has 3 aromatic rings. The Morgan fingerprint density at radius 2 is 1.74 bits per heavy atom. The van der Waals surface area contributed by atoms with Gasteiger partial charge in [-0.3, -0.25) is 9.59 Å². The smallest absolute Gasteiger partial charge is 0.327 e. The number of hydrogen-bond donors (Lipinski definition) is 1. The molecule has 2 heterocycles. The molecular formula is C30H27ClN2O4S. The lowest BCUT2D eigenvalue weighted by atomic mass is 9.78. The fourth-order valence-corrected chi connectivity index (χ4v) is 7.19. The van der Waals surface area contributed by atoms with E-state index in [2.05, 4.69) is 6.07 Å². The number of rotatable bonds is 6. The van der Waals surface area contributed by atoms with Crippen LogP contribution in [0.15, 0.2) is 66.0 Å². The number of amides is 1. The van der Waals surface area contributed by atoms with E-state index in [0.717, 1.165) is 24.1 Å². The molecule has 1 aliphatic carbocycles. The number of carbonyl (C=O) groups is 3. The maximum atomic E-state index is 14.3. The number of ketones is 1. The average Bonchev–Trinajstić information content (AvgIpc) is 3.59. The predicted octanol–water partition coefficient (Wildman–Crippen LogP) is 6.47. The summed E-state index contributed by atoms with van der Waals surface area (Å²) in [4.78, 5) is 43.7. The molecule has 194 valence electrons. The summed E-state index contributed by atoms with van der Waals surface area (Å²) in [5, 5.41) is 22.2. The monoisotopic (exact) mass is 546 g/mol. The van der Waals surface area contributed by atoms with Gasteiger partial charge >= 0.3 is 5.97 Å². The Labute approximate surface area is 230 Å². The van der Waals surface area contributed by atoms with Gasteiger partial charge in [-0.2, -0.15) is 5.26 Å². The Morgan fingerprint density at radius 1 is 1.00 bits per heavy atom. The van der Waals surface area contributed by atoms with Gasteiger partial charge < -0.3 is 10.0 Å². The molecule has 2 aromatic carbocycles. The van der Waals surface area contributed by atoms with Crippen molar-refractivity contribution in [2.24, 2.45) is 11.8 Å². The van der Waals surface area contributed by atoms with Gasteiger partial charge in [0.15, 0.2) is 5.78 Å². The van der Waals surface area contributed by atoms with Crippen molar-refractivity contribution < 1.29 is 19.5 Å². The summed E-state index contributed by atoms with van der Waals surface area (Å²) in [5.74, 6) is -3.48. The lowest BCUT2D eigenvalue weighted by molar-refractivity contribution is -0.152. The summed E-state index contributed by atoms with van der Waals surface area (Å²) in [7, 11) is 0. The molecule has 4 unspecified atom stereocenters. The van der Waals surface area contributed by atoms with E-state index in [9.17, 15) is 24.8 Å². The van der Waals surface area contributed by atoms with Gasteiger partial charge in [-0.1, -0.05) is 61.2 Å². The van der Waals surface area contributed by atoms with Crippen LogP contribution >= 0.6 is 22.9 Å². The van der Waals surface area contributed by atoms with E-state index in [1.165, 1.54) is 16.2 Å². The fraction of sp³-hybridized carbons (Fsp3) is 0.333. The Kier molecular flexibility index (Phi) is 7.64. The molecule has 38 heavy (non-hydrogen) atoms. The molecule has 1 aromatic heterocycles. The lowest BCUT2D eigenvalue weighted by Gasteiger charge is -2.34. The van der Waals surface area contributed by atoms with E-state index in [1.54, 1.807) is 48.5 Å². The number of benzene rings is 2. The second-order valence-electron chi connectivity index (χ2n) is 9.98. The molecule has 4 atom stereocenters. The molecule has 1 aliphatic heterocycles. The Balaban J connectivity index is 1.72. The molecule has 2 fully saturated rings. The molecule has 1 saturated heterocycles. The maximum absolute atomic E-state index is 14.3. The number of halogens is 1. The molecule has 0 spiro atoms. The molecule has 1 N–H and O–H groups in total. The zero-order valence-electron chi connectivity index (χ0n) is 20.6. The number of carboxylic acids is 1. The first-order valence-electron chi connectivity index (χ1n) is 12.8. The second-order valence-corrected chi connectivity index (χ2v) is 11.4. The number of Topliss-reactive ketones (excluding diaryl/α,β-unsaturated/α-hetero) is 1. The predicted molar refractivity (Wildman–Crippen MR) is 145 cm³/mol. The number of aliphatic carboxylic acids is 1. The third kappa shape index (κ3) is 4.87. The van der Waals surface area contributed by atoms with E-state index in [-0.39, 0.29) is 17.6 Å². The molecule has 2 aliphatic rings. The molecule has 5 rings (SSSR count). The highest BCUT2D eigenvalue weighted by atomic mass is 35.5. The van der Waals surface area contributed by atoms with Gasteiger partial charge in [0.25, 0.3) is 0 Å². The Morgan fingerprint density at radius 3 is 2.34 bits per heavy atom. The summed E-state index contributed by atoms with van der Waals surface area (Å²) in [6, 6.07) is 17.2. The molecule has 0 radical (unpaired) electrons. The van der Waals surface area contributed by atoms with Crippen molar-refractivity contribution in [1.29, 1.82) is 5.26 Å². The van der Waals surface area contributed by atoms with Gasteiger partial charge in [-0.05, 0) is 54.1 Å². The minimum Gasteiger partial charge on any atom is -0.480 e. The Hall–Kier alpha value is -3.47. The van der Waals surface area contributed by atoms with E-state index in [4.69, 9.17) is 11.6 Å². The van der Waals surface area contributed by atoms with Gasteiger partial charge in [0.2, 0.25) is 5.91 Å². The molecule has 1 saturated carbocycles. The van der Waals surface area contributed by atoms with Crippen LogP contribution < -0.4 is 0 Å². The average molecular weight is 547 g/mol. The third-order valence-corrected chi connectivity index (χ3v) is 9.00. The van der Waals surface area contributed by atoms with Crippen LogP contribution in [0, 0.1) is 23.2 Å². The van der Waals surface area contributed by atoms with E-state index >= 15 is 0 Å². The van der Waals surface area contributed by atoms with Gasteiger partial charge in [-0.15, -0.1) is 11.3 Å². The number of carboxylic acid groups (broad SMARTS) is 1. The van der Waals surface area contributed by atoms with Crippen LogP contribution in [0.5, 0.6) is 0 Å². The second kappa shape index (κ2) is 11.1. The van der Waals surface area contributed by atoms with E-state index in [1.807, 2.05) is 17.5 Å². The minimum absolute atomic E-state index is 0.214. The molecular weight excluding hydrogens is 520 g/mol. The Bertz CT molecular complexity index is 1380. The van der Waals surface area contributed by atoms with E-state index in [0.29, 0.717) is 34.6 Å². The van der Waals surface area contributed by atoms with Gasteiger partial charge in [0.05, 0.1) is 23.6 Å². The fourth-order valence-electron chi connectivity index (χ4n) is 6.10. The molecule has 6 nitrogen and oxygen atoms in total. The number of hydrogen-bond acceptors (Lipinski definition) is 5. The number of nitrogens with zero attached hydrogens (tertiary/aromatic N) is 2. The van der Waals surface area contributed by atoms with Crippen LogP contribution in [-0.4, -0.2) is 33.7 Å². The van der Waals surface area contributed by atoms with Crippen molar-refractivity contribution in [3.05, 3.63) is 92.6 Å².